The summed E-state index contributed by atoms with van der Waals surface area (Å²) in [6, 6.07) is 5.20. The minimum atomic E-state index is -1.36. The maximum Gasteiger partial charge on any atom is 0.293 e. The van der Waals surface area contributed by atoms with Crippen molar-refractivity contribution in [1.29, 1.82) is 0 Å². The summed E-state index contributed by atoms with van der Waals surface area (Å²) in [6.07, 6.45) is 0.198. The minimum absolute atomic E-state index is 0.0325. The van der Waals surface area contributed by atoms with Gasteiger partial charge in [0.05, 0.1) is 6.10 Å². The predicted octanol–water partition coefficient (Wildman–Crippen LogP) is -0.472. The average Bonchev–Trinajstić information content (AvgIpc) is 3.21. The first-order chi connectivity index (χ1) is 17.8. The number of nitrogens with one attached hydrogen (secondary N) is 1. The van der Waals surface area contributed by atoms with E-state index in [-0.39, 0.29) is 37.6 Å². The lowest BCUT2D eigenvalue weighted by Crippen LogP contribution is -2.51. The van der Waals surface area contributed by atoms with Crippen molar-refractivity contribution in [3.63, 3.8) is 0 Å². The van der Waals surface area contributed by atoms with E-state index in [1.807, 2.05) is 0 Å². The average molecular weight is 519 g/mol. The molecule has 3 rings (SSSR count). The van der Waals surface area contributed by atoms with Crippen molar-refractivity contribution < 1.29 is 48.4 Å². The van der Waals surface area contributed by atoms with Gasteiger partial charge < -0.3 is 34.5 Å². The lowest BCUT2D eigenvalue weighted by Gasteiger charge is -2.35. The van der Waals surface area contributed by atoms with Crippen molar-refractivity contribution in [2.45, 2.75) is 63.3 Å². The SMILES string of the molecule is O=COCc1cc(CCCCNC(=O)CCN2C(=O)C=CC2=O)ccc1OC1OC(C=O)CC(O)[C@H]1O. The molecule has 4 atom stereocenters. The molecule has 0 aromatic heterocycles. The van der Waals surface area contributed by atoms with Gasteiger partial charge in [0.15, 0.2) is 0 Å². The third-order valence-corrected chi connectivity index (χ3v) is 5.96. The fourth-order valence-corrected chi connectivity index (χ4v) is 3.95. The summed E-state index contributed by atoms with van der Waals surface area (Å²) in [6.45, 7) is 0.665. The van der Waals surface area contributed by atoms with Crippen molar-refractivity contribution in [3.8, 4) is 5.75 Å². The number of imide groups is 1. The number of benzene rings is 1. The lowest BCUT2D eigenvalue weighted by molar-refractivity contribution is -0.228. The second-order valence-corrected chi connectivity index (χ2v) is 8.66. The molecule has 3 unspecified atom stereocenters. The van der Waals surface area contributed by atoms with E-state index in [0.717, 1.165) is 16.9 Å². The molecule has 0 radical (unpaired) electrons. The van der Waals surface area contributed by atoms with E-state index >= 15 is 0 Å². The molecule has 3 amide bonds. The smallest absolute Gasteiger partial charge is 0.293 e. The Balaban J connectivity index is 1.46. The van der Waals surface area contributed by atoms with Gasteiger partial charge in [0.2, 0.25) is 12.2 Å². The van der Waals surface area contributed by atoms with Crippen LogP contribution >= 0.6 is 0 Å². The third kappa shape index (κ3) is 7.94. The van der Waals surface area contributed by atoms with E-state index in [1.54, 1.807) is 18.2 Å². The second kappa shape index (κ2) is 13.6. The van der Waals surface area contributed by atoms with Gasteiger partial charge in [-0.15, -0.1) is 0 Å². The van der Waals surface area contributed by atoms with Crippen molar-refractivity contribution in [2.75, 3.05) is 13.1 Å². The molecular formula is C25H30N2O10. The first kappa shape index (κ1) is 28.0. The van der Waals surface area contributed by atoms with Crippen LogP contribution in [0, 0.1) is 0 Å². The zero-order chi connectivity index (χ0) is 26.8. The molecule has 1 aromatic rings. The number of aliphatic hydroxyl groups excluding tert-OH is 2. The van der Waals surface area contributed by atoms with Crippen molar-refractivity contribution in [3.05, 3.63) is 41.5 Å². The van der Waals surface area contributed by atoms with Crippen LogP contribution in [0.25, 0.3) is 0 Å². The van der Waals surface area contributed by atoms with Crippen LogP contribution in [-0.4, -0.2) is 83.3 Å². The Morgan fingerprint density at radius 2 is 1.92 bits per heavy atom. The van der Waals surface area contributed by atoms with Crippen molar-refractivity contribution >= 4 is 30.5 Å². The number of nitrogens with zero attached hydrogens (tertiary/aromatic N) is 1. The van der Waals surface area contributed by atoms with Gasteiger partial charge in [-0.05, 0) is 37.0 Å². The summed E-state index contributed by atoms with van der Waals surface area (Å²) in [4.78, 5) is 57.8. The van der Waals surface area contributed by atoms with Gasteiger partial charge in [0.25, 0.3) is 18.3 Å². The number of rotatable bonds is 14. The molecule has 37 heavy (non-hydrogen) atoms. The fourth-order valence-electron chi connectivity index (χ4n) is 3.95. The molecule has 1 saturated heterocycles. The van der Waals surface area contributed by atoms with Gasteiger partial charge >= 0.3 is 0 Å². The number of unbranched alkanes of at least 4 members (excludes halogenated alkanes) is 1. The Kier molecular flexibility index (Phi) is 10.3. The van der Waals surface area contributed by atoms with E-state index in [2.05, 4.69) is 5.32 Å². The molecule has 0 aliphatic carbocycles. The number of aryl methyl sites for hydroxylation is 1. The Morgan fingerprint density at radius 1 is 1.16 bits per heavy atom. The first-order valence-corrected chi connectivity index (χ1v) is 11.9. The Hall–Kier alpha value is -3.61. The summed E-state index contributed by atoms with van der Waals surface area (Å²) in [5.41, 5.74) is 1.43. The Morgan fingerprint density at radius 3 is 2.62 bits per heavy atom. The van der Waals surface area contributed by atoms with E-state index in [0.29, 0.717) is 37.7 Å². The Labute approximate surface area is 213 Å². The second-order valence-electron chi connectivity index (χ2n) is 8.66. The van der Waals surface area contributed by atoms with Gasteiger partial charge in [0.1, 0.15) is 30.9 Å². The van der Waals surface area contributed by atoms with Crippen LogP contribution in [0.2, 0.25) is 0 Å². The molecule has 2 aliphatic rings. The van der Waals surface area contributed by atoms with E-state index in [1.165, 1.54) is 12.2 Å². The van der Waals surface area contributed by atoms with Gasteiger partial charge in [0, 0.05) is 43.6 Å². The number of aldehydes is 1. The molecule has 0 spiro atoms. The highest BCUT2D eigenvalue weighted by Crippen LogP contribution is 2.27. The molecule has 2 heterocycles. The molecule has 200 valence electrons. The monoisotopic (exact) mass is 518 g/mol. The minimum Gasteiger partial charge on any atom is -0.463 e. The van der Waals surface area contributed by atoms with Crippen LogP contribution in [0.3, 0.4) is 0 Å². The number of hydrogen-bond acceptors (Lipinski definition) is 10. The Bertz CT molecular complexity index is 1010. The highest BCUT2D eigenvalue weighted by Gasteiger charge is 2.38. The first-order valence-electron chi connectivity index (χ1n) is 11.9. The van der Waals surface area contributed by atoms with Crippen LogP contribution in [0.15, 0.2) is 30.4 Å². The van der Waals surface area contributed by atoms with E-state index in [4.69, 9.17) is 14.2 Å². The molecule has 0 saturated carbocycles. The normalized spacial score (nSPS) is 23.1. The maximum absolute atomic E-state index is 12.0. The fraction of sp³-hybridized carbons (Fsp3) is 0.480. The zero-order valence-electron chi connectivity index (χ0n) is 20.1. The topological polar surface area (TPSA) is 169 Å². The van der Waals surface area contributed by atoms with Gasteiger partial charge in [-0.1, -0.05) is 6.07 Å². The maximum atomic E-state index is 12.0. The van der Waals surface area contributed by atoms with Crippen LogP contribution in [0.4, 0.5) is 0 Å². The summed E-state index contributed by atoms with van der Waals surface area (Å²) >= 11 is 0. The van der Waals surface area contributed by atoms with Crippen LogP contribution < -0.4 is 10.1 Å². The standard InChI is InChI=1S/C25H30N2O10/c28-13-18-12-19(30)24(34)25(36-18)37-20-5-4-16(11-17(20)14-35-15-29)3-1-2-9-26-21(31)8-10-27-22(32)6-7-23(27)33/h4-7,11,13,15,18-19,24-25,30,34H,1-3,8-10,12,14H2,(H,26,31)/t18?,19?,24-,25?/m1/s1. The number of ether oxygens (including phenoxy) is 3. The highest BCUT2D eigenvalue weighted by atomic mass is 16.7. The number of amides is 3. The summed E-state index contributed by atoms with van der Waals surface area (Å²) < 4.78 is 16.0. The van der Waals surface area contributed by atoms with Gasteiger partial charge in [-0.3, -0.25) is 24.1 Å². The quantitative estimate of drug-likeness (QED) is 0.166. The van der Waals surface area contributed by atoms with E-state index < -0.39 is 36.4 Å². The molecule has 0 bridgehead atoms. The number of carbonyl (C=O) groups excluding carboxylic acids is 5. The zero-order valence-corrected chi connectivity index (χ0v) is 20.1. The molecule has 12 nitrogen and oxygen atoms in total. The van der Waals surface area contributed by atoms with Gasteiger partial charge in [-0.25, -0.2) is 0 Å². The largest absolute Gasteiger partial charge is 0.463 e. The molecule has 1 aromatic carbocycles. The van der Waals surface area contributed by atoms with E-state index in [9.17, 15) is 34.2 Å². The van der Waals surface area contributed by atoms with Crippen LogP contribution in [0.1, 0.15) is 36.8 Å². The molecule has 1 fully saturated rings. The summed E-state index contributed by atoms with van der Waals surface area (Å²) in [7, 11) is 0. The molecule has 2 aliphatic heterocycles. The van der Waals surface area contributed by atoms with Crippen molar-refractivity contribution in [2.24, 2.45) is 0 Å². The molecule has 3 N–H and O–H groups in total. The van der Waals surface area contributed by atoms with Crippen LogP contribution in [0.5, 0.6) is 5.75 Å². The van der Waals surface area contributed by atoms with Crippen LogP contribution in [-0.2, 0) is 46.5 Å². The van der Waals surface area contributed by atoms with Crippen molar-refractivity contribution in [1.82, 2.24) is 10.2 Å². The molecular weight excluding hydrogens is 488 g/mol. The van der Waals surface area contributed by atoms with Gasteiger partial charge in [-0.2, -0.15) is 0 Å². The highest BCUT2D eigenvalue weighted by molar-refractivity contribution is 6.13. The third-order valence-electron chi connectivity index (χ3n) is 5.96. The predicted molar refractivity (Wildman–Crippen MR) is 126 cm³/mol. The number of carbonyl (C=O) groups is 5. The molecule has 12 heteroatoms. The number of aliphatic hydroxyl groups is 2. The summed E-state index contributed by atoms with van der Waals surface area (Å²) in [5, 5.41) is 22.9. The summed E-state index contributed by atoms with van der Waals surface area (Å²) in [5.74, 6) is -0.822. The lowest BCUT2D eigenvalue weighted by atomic mass is 10.0. The number of hydrogen-bond donors (Lipinski definition) is 3.